The Morgan fingerprint density at radius 2 is 1.73 bits per heavy atom. The highest BCUT2D eigenvalue weighted by Crippen LogP contribution is 2.45. The molecule has 0 aromatic carbocycles. The van der Waals surface area contributed by atoms with E-state index in [-0.39, 0.29) is 11.5 Å². The molecule has 4 radical (unpaired) electrons. The van der Waals surface area contributed by atoms with Gasteiger partial charge < -0.3 is 0 Å². The van der Waals surface area contributed by atoms with Crippen molar-refractivity contribution in [2.24, 2.45) is 5.41 Å². The fourth-order valence-corrected chi connectivity index (χ4v) is 3.16. The van der Waals surface area contributed by atoms with Gasteiger partial charge in [0.2, 0.25) is 0 Å². The monoisotopic (exact) mass is 252 g/mol. The van der Waals surface area contributed by atoms with Crippen molar-refractivity contribution in [2.45, 2.75) is 12.8 Å². The van der Waals surface area contributed by atoms with Gasteiger partial charge in [0.25, 0.3) is 10.1 Å². The maximum atomic E-state index is 11.4. The first-order valence-electron chi connectivity index (χ1n) is 4.28. The molecule has 0 unspecified atom stereocenters. The van der Waals surface area contributed by atoms with Gasteiger partial charge in [-0.05, 0) is 25.2 Å². The fraction of sp³-hybridized carbons (Fsp3) is 0.750. The Balaban J connectivity index is 2.37. The van der Waals surface area contributed by atoms with E-state index in [0.29, 0.717) is 12.8 Å². The van der Waals surface area contributed by atoms with Crippen LogP contribution in [0.2, 0.25) is 0 Å². The van der Waals surface area contributed by atoms with Gasteiger partial charge in [-0.3, -0.25) is 4.18 Å². The molecule has 86 valence electrons. The molecule has 1 saturated carbocycles. The Morgan fingerprint density at radius 1 is 1.20 bits per heavy atom. The standard InChI is InChI=1S/C8H12O5S2/c1-8(3-4-8)7-15(11,12)6-5-13-14(2,9)10/h1-2H,3-7H2. The van der Waals surface area contributed by atoms with Crippen LogP contribution in [0.1, 0.15) is 12.8 Å². The van der Waals surface area contributed by atoms with E-state index < -0.39 is 32.0 Å². The van der Waals surface area contributed by atoms with Gasteiger partial charge in [0.15, 0.2) is 9.84 Å². The molecule has 1 fully saturated rings. The van der Waals surface area contributed by atoms with E-state index in [0.717, 1.165) is 0 Å². The van der Waals surface area contributed by atoms with Crippen LogP contribution in [-0.4, -0.2) is 34.9 Å². The van der Waals surface area contributed by atoms with Crippen LogP contribution in [0.25, 0.3) is 0 Å². The molecule has 0 aromatic rings. The van der Waals surface area contributed by atoms with Crippen molar-refractivity contribution >= 4 is 20.0 Å². The van der Waals surface area contributed by atoms with E-state index in [2.05, 4.69) is 10.4 Å². The summed E-state index contributed by atoms with van der Waals surface area (Å²) in [7, 11) is -7.44. The molecule has 0 bridgehead atoms. The van der Waals surface area contributed by atoms with Gasteiger partial charge in [-0.15, -0.1) is 0 Å². The largest absolute Gasteiger partial charge is 0.273 e. The van der Waals surface area contributed by atoms with Crippen molar-refractivity contribution in [2.75, 3.05) is 18.1 Å². The molecule has 0 saturated heterocycles. The first kappa shape index (κ1) is 12.9. The lowest BCUT2D eigenvalue weighted by Gasteiger charge is -2.08. The lowest BCUT2D eigenvalue weighted by Crippen LogP contribution is -2.21. The first-order chi connectivity index (χ1) is 6.62. The summed E-state index contributed by atoms with van der Waals surface area (Å²) in [5.74, 6) is -0.518. The maximum Gasteiger partial charge on any atom is 0.273 e. The fourth-order valence-electron chi connectivity index (χ4n) is 1.09. The minimum absolute atomic E-state index is 0.131. The summed E-state index contributed by atoms with van der Waals surface area (Å²) in [6.45, 7) is 5.17. The summed E-state index contributed by atoms with van der Waals surface area (Å²) in [4.78, 5) is 0. The zero-order valence-corrected chi connectivity index (χ0v) is 9.68. The second-order valence-corrected chi connectivity index (χ2v) is 7.17. The molecule has 7 heteroatoms. The third kappa shape index (κ3) is 5.48. The minimum atomic E-state index is -4.07. The summed E-state index contributed by atoms with van der Waals surface area (Å²) in [5, 5.41) is 0. The van der Waals surface area contributed by atoms with Gasteiger partial charge in [0, 0.05) is 0 Å². The molecule has 0 spiro atoms. The Hall–Kier alpha value is -0.140. The highest BCUT2D eigenvalue weighted by atomic mass is 32.2. The van der Waals surface area contributed by atoms with Crippen LogP contribution in [0.4, 0.5) is 0 Å². The average Bonchev–Trinajstić information content (AvgIpc) is 2.61. The van der Waals surface area contributed by atoms with Crippen molar-refractivity contribution < 1.29 is 21.0 Å². The minimum Gasteiger partial charge on any atom is -0.269 e. The van der Waals surface area contributed by atoms with Gasteiger partial charge in [0.1, 0.15) is 6.26 Å². The van der Waals surface area contributed by atoms with Gasteiger partial charge >= 0.3 is 0 Å². The number of sulfone groups is 1. The maximum absolute atomic E-state index is 11.4. The summed E-state index contributed by atoms with van der Waals surface area (Å²) in [5.41, 5.74) is -0.611. The third-order valence-electron chi connectivity index (χ3n) is 2.04. The number of hydrogen-bond donors (Lipinski definition) is 0. The van der Waals surface area contributed by atoms with E-state index in [9.17, 15) is 16.8 Å². The topological polar surface area (TPSA) is 77.5 Å². The molecule has 15 heavy (non-hydrogen) atoms. The number of rotatable bonds is 6. The van der Waals surface area contributed by atoms with Crippen molar-refractivity contribution in [1.29, 1.82) is 0 Å². The van der Waals surface area contributed by atoms with Gasteiger partial charge in [-0.1, -0.05) is 0 Å². The van der Waals surface area contributed by atoms with Gasteiger partial charge in [-0.25, -0.2) is 8.42 Å². The van der Waals surface area contributed by atoms with E-state index >= 15 is 0 Å². The second-order valence-electron chi connectivity index (χ2n) is 3.77. The van der Waals surface area contributed by atoms with Gasteiger partial charge in [0.05, 0.1) is 18.1 Å². The summed E-state index contributed by atoms with van der Waals surface area (Å²) in [6.07, 6.45) is 5.90. The van der Waals surface area contributed by atoms with E-state index in [1.165, 1.54) is 0 Å². The van der Waals surface area contributed by atoms with Crippen LogP contribution in [0.15, 0.2) is 0 Å². The average molecular weight is 252 g/mol. The molecule has 0 heterocycles. The summed E-state index contributed by atoms with van der Waals surface area (Å²) < 4.78 is 47.6. The van der Waals surface area contributed by atoms with Crippen LogP contribution < -0.4 is 0 Å². The molecule has 1 rings (SSSR count). The van der Waals surface area contributed by atoms with Crippen molar-refractivity contribution in [3.05, 3.63) is 13.2 Å². The van der Waals surface area contributed by atoms with Crippen LogP contribution in [-0.2, 0) is 24.1 Å². The Morgan fingerprint density at radius 3 is 2.13 bits per heavy atom. The zero-order valence-electron chi connectivity index (χ0n) is 8.05. The van der Waals surface area contributed by atoms with E-state index in [1.807, 2.05) is 0 Å². The molecule has 5 nitrogen and oxygen atoms in total. The second kappa shape index (κ2) is 4.03. The van der Waals surface area contributed by atoms with Crippen LogP contribution in [0.3, 0.4) is 0 Å². The SMILES string of the molecule is [CH]C1(CS(=O)(=O)CCOS([CH])(=O)=O)CC1. The van der Waals surface area contributed by atoms with Gasteiger partial charge in [-0.2, -0.15) is 8.42 Å². The van der Waals surface area contributed by atoms with Crippen molar-refractivity contribution in [3.8, 4) is 0 Å². The van der Waals surface area contributed by atoms with Crippen LogP contribution >= 0.6 is 0 Å². The molecular weight excluding hydrogens is 240 g/mol. The number of hydrogen-bond acceptors (Lipinski definition) is 5. The third-order valence-corrected chi connectivity index (χ3v) is 4.34. The van der Waals surface area contributed by atoms with Crippen molar-refractivity contribution in [3.63, 3.8) is 0 Å². The van der Waals surface area contributed by atoms with Crippen LogP contribution in [0, 0.1) is 18.6 Å². The predicted molar refractivity (Wildman–Crippen MR) is 53.8 cm³/mol. The normalized spacial score (nSPS) is 20.1. The first-order valence-corrected chi connectivity index (χ1v) is 7.58. The Kier molecular flexibility index (Phi) is 3.47. The zero-order chi connectivity index (χ0) is 11.7. The molecule has 1 aliphatic rings. The molecule has 0 N–H and O–H groups in total. The quantitative estimate of drug-likeness (QED) is 0.617. The predicted octanol–water partition coefficient (Wildman–Crippen LogP) is -0.0925. The molecule has 0 atom stereocenters. The van der Waals surface area contributed by atoms with E-state index in [4.69, 9.17) is 6.92 Å². The lowest BCUT2D eigenvalue weighted by molar-refractivity contribution is 0.345. The van der Waals surface area contributed by atoms with Crippen molar-refractivity contribution in [1.82, 2.24) is 0 Å². The highest BCUT2D eigenvalue weighted by Gasteiger charge is 2.41. The molecular formula is C8H12O5S2. The molecule has 0 aromatic heterocycles. The van der Waals surface area contributed by atoms with E-state index in [1.54, 1.807) is 0 Å². The molecule has 1 aliphatic carbocycles. The highest BCUT2D eigenvalue weighted by molar-refractivity contribution is 7.91. The smallest absolute Gasteiger partial charge is 0.269 e. The summed E-state index contributed by atoms with van der Waals surface area (Å²) >= 11 is 0. The summed E-state index contributed by atoms with van der Waals surface area (Å²) in [6, 6.07) is 0. The lowest BCUT2D eigenvalue weighted by atomic mass is 10.2. The van der Waals surface area contributed by atoms with Crippen LogP contribution in [0.5, 0.6) is 0 Å². The molecule has 0 amide bonds. The Labute approximate surface area is 90.9 Å². The molecule has 0 aliphatic heterocycles. The Bertz CT molecular complexity index is 416.